The van der Waals surface area contributed by atoms with Crippen molar-refractivity contribution in [3.8, 4) is 5.75 Å². The van der Waals surface area contributed by atoms with E-state index in [0.717, 1.165) is 31.3 Å². The Balaban J connectivity index is 1.83. The fourth-order valence-corrected chi connectivity index (χ4v) is 2.86. The van der Waals surface area contributed by atoms with Crippen molar-refractivity contribution in [3.05, 3.63) is 29.8 Å². The van der Waals surface area contributed by atoms with Crippen LogP contribution < -0.4 is 10.1 Å². The lowest BCUT2D eigenvalue weighted by Crippen LogP contribution is -2.59. The highest BCUT2D eigenvalue weighted by Crippen LogP contribution is 2.17. The fourth-order valence-electron chi connectivity index (χ4n) is 2.86. The molecule has 1 heterocycles. The van der Waals surface area contributed by atoms with Gasteiger partial charge in [-0.25, -0.2) is 0 Å². The van der Waals surface area contributed by atoms with Crippen molar-refractivity contribution < 1.29 is 4.74 Å². The van der Waals surface area contributed by atoms with E-state index in [0.29, 0.717) is 6.04 Å². The van der Waals surface area contributed by atoms with Gasteiger partial charge in [-0.05, 0) is 50.4 Å². The molecule has 0 radical (unpaired) electrons. The third kappa shape index (κ3) is 3.97. The first-order chi connectivity index (χ1) is 9.74. The molecule has 1 atom stereocenters. The third-order valence-electron chi connectivity index (χ3n) is 4.29. The van der Waals surface area contributed by atoms with Crippen molar-refractivity contribution in [1.82, 2.24) is 10.2 Å². The van der Waals surface area contributed by atoms with Crippen LogP contribution in [0.2, 0.25) is 0 Å². The monoisotopic (exact) mass is 276 g/mol. The second-order valence-electron chi connectivity index (χ2n) is 5.79. The Morgan fingerprint density at radius 1 is 1.30 bits per heavy atom. The van der Waals surface area contributed by atoms with Crippen LogP contribution in [0.3, 0.4) is 0 Å². The molecule has 1 saturated heterocycles. The predicted octanol–water partition coefficient (Wildman–Crippen LogP) is 2.70. The van der Waals surface area contributed by atoms with Crippen LogP contribution in [0.15, 0.2) is 24.3 Å². The van der Waals surface area contributed by atoms with Crippen LogP contribution in [0.5, 0.6) is 5.75 Å². The second-order valence-corrected chi connectivity index (χ2v) is 5.79. The van der Waals surface area contributed by atoms with Crippen LogP contribution in [-0.2, 0) is 6.42 Å². The lowest BCUT2D eigenvalue weighted by molar-refractivity contribution is 0.0983. The zero-order valence-electron chi connectivity index (χ0n) is 13.1. The summed E-state index contributed by atoms with van der Waals surface area (Å²) in [5.41, 5.74) is 1.40. The molecule has 0 amide bonds. The average molecular weight is 276 g/mol. The molecule has 3 heteroatoms. The number of aryl methyl sites for hydroxylation is 1. The van der Waals surface area contributed by atoms with E-state index in [9.17, 15) is 0 Å². The Morgan fingerprint density at radius 2 is 2.00 bits per heavy atom. The fraction of sp³-hybridized carbons (Fsp3) is 0.647. The highest BCUT2D eigenvalue weighted by molar-refractivity contribution is 5.27. The van der Waals surface area contributed by atoms with Crippen molar-refractivity contribution in [2.24, 2.45) is 0 Å². The standard InChI is InChI=1S/C17H28N2O/c1-4-11-19(16-12-18-13-16)14(2)5-6-15-7-9-17(20-3)10-8-15/h7-10,14,16,18H,4-6,11-13H2,1-3H3. The van der Waals surface area contributed by atoms with Crippen LogP contribution in [0.4, 0.5) is 0 Å². The van der Waals surface area contributed by atoms with Gasteiger partial charge >= 0.3 is 0 Å². The summed E-state index contributed by atoms with van der Waals surface area (Å²) in [6.07, 6.45) is 3.61. The molecule has 0 aliphatic carbocycles. The lowest BCUT2D eigenvalue weighted by atomic mass is 10.0. The van der Waals surface area contributed by atoms with Gasteiger partial charge in [-0.2, -0.15) is 0 Å². The molecule has 1 aromatic rings. The van der Waals surface area contributed by atoms with E-state index in [-0.39, 0.29) is 0 Å². The van der Waals surface area contributed by atoms with Gasteiger partial charge in [0.25, 0.3) is 0 Å². The Kier molecular flexibility index (Phi) is 5.86. The smallest absolute Gasteiger partial charge is 0.118 e. The SMILES string of the molecule is CCCN(C(C)CCc1ccc(OC)cc1)C1CNC1. The number of benzene rings is 1. The molecule has 1 aliphatic heterocycles. The lowest BCUT2D eigenvalue weighted by Gasteiger charge is -2.42. The second kappa shape index (κ2) is 7.65. The molecule has 0 bridgehead atoms. The van der Waals surface area contributed by atoms with Crippen molar-refractivity contribution in [1.29, 1.82) is 0 Å². The first-order valence-electron chi connectivity index (χ1n) is 7.84. The van der Waals surface area contributed by atoms with Crippen molar-refractivity contribution in [3.63, 3.8) is 0 Å². The highest BCUT2D eigenvalue weighted by Gasteiger charge is 2.27. The zero-order valence-corrected chi connectivity index (χ0v) is 13.1. The third-order valence-corrected chi connectivity index (χ3v) is 4.29. The minimum atomic E-state index is 0.657. The molecule has 1 N–H and O–H groups in total. The van der Waals surface area contributed by atoms with Crippen LogP contribution >= 0.6 is 0 Å². The van der Waals surface area contributed by atoms with Crippen LogP contribution in [0, 0.1) is 0 Å². The van der Waals surface area contributed by atoms with Crippen molar-refractivity contribution >= 4 is 0 Å². The molecule has 1 unspecified atom stereocenters. The summed E-state index contributed by atoms with van der Waals surface area (Å²) in [6.45, 7) is 8.18. The van der Waals surface area contributed by atoms with Gasteiger partial charge in [-0.15, -0.1) is 0 Å². The van der Waals surface area contributed by atoms with Crippen LogP contribution in [0.25, 0.3) is 0 Å². The van der Waals surface area contributed by atoms with Gasteiger partial charge in [0.15, 0.2) is 0 Å². The van der Waals surface area contributed by atoms with Gasteiger partial charge < -0.3 is 10.1 Å². The van der Waals surface area contributed by atoms with E-state index in [1.165, 1.54) is 24.9 Å². The van der Waals surface area contributed by atoms with Crippen LogP contribution in [0.1, 0.15) is 32.3 Å². The Morgan fingerprint density at radius 3 is 2.50 bits per heavy atom. The molecule has 2 rings (SSSR count). The van der Waals surface area contributed by atoms with Gasteiger partial charge in [0.05, 0.1) is 7.11 Å². The van der Waals surface area contributed by atoms with E-state index in [1.807, 2.05) is 0 Å². The normalized spacial score (nSPS) is 17.0. The minimum Gasteiger partial charge on any atom is -0.497 e. The average Bonchev–Trinajstić information content (AvgIpc) is 2.43. The number of nitrogens with one attached hydrogen (secondary N) is 1. The topological polar surface area (TPSA) is 24.5 Å². The van der Waals surface area contributed by atoms with Gasteiger partial charge in [-0.1, -0.05) is 19.1 Å². The van der Waals surface area contributed by atoms with E-state index >= 15 is 0 Å². The number of nitrogens with zero attached hydrogens (tertiary/aromatic N) is 1. The molecule has 1 aliphatic rings. The van der Waals surface area contributed by atoms with Gasteiger partial charge in [0, 0.05) is 25.2 Å². The molecule has 0 spiro atoms. The summed E-state index contributed by atoms with van der Waals surface area (Å²) in [5.74, 6) is 0.940. The van der Waals surface area contributed by atoms with E-state index in [4.69, 9.17) is 4.74 Å². The molecule has 1 aromatic carbocycles. The molecular weight excluding hydrogens is 248 g/mol. The zero-order chi connectivity index (χ0) is 14.4. The summed E-state index contributed by atoms with van der Waals surface area (Å²) in [4.78, 5) is 2.68. The summed E-state index contributed by atoms with van der Waals surface area (Å²) in [6, 6.07) is 9.88. The maximum absolute atomic E-state index is 5.20. The van der Waals surface area contributed by atoms with Crippen molar-refractivity contribution in [2.45, 2.75) is 45.2 Å². The van der Waals surface area contributed by atoms with E-state index in [2.05, 4.69) is 48.3 Å². The maximum atomic E-state index is 5.20. The minimum absolute atomic E-state index is 0.657. The van der Waals surface area contributed by atoms with Gasteiger partial charge in [-0.3, -0.25) is 4.90 Å². The number of hydrogen-bond donors (Lipinski definition) is 1. The first-order valence-corrected chi connectivity index (χ1v) is 7.84. The summed E-state index contributed by atoms with van der Waals surface area (Å²) < 4.78 is 5.20. The summed E-state index contributed by atoms with van der Waals surface area (Å²) in [7, 11) is 1.71. The molecule has 20 heavy (non-hydrogen) atoms. The molecule has 1 fully saturated rings. The Labute approximate surface area is 123 Å². The Bertz CT molecular complexity index is 386. The van der Waals surface area contributed by atoms with Crippen molar-refractivity contribution in [2.75, 3.05) is 26.7 Å². The predicted molar refractivity (Wildman–Crippen MR) is 84.4 cm³/mol. The maximum Gasteiger partial charge on any atom is 0.118 e. The first kappa shape index (κ1) is 15.3. The Hall–Kier alpha value is -1.06. The highest BCUT2D eigenvalue weighted by atomic mass is 16.5. The summed E-state index contributed by atoms with van der Waals surface area (Å²) >= 11 is 0. The number of ether oxygens (including phenoxy) is 1. The number of rotatable bonds is 8. The quantitative estimate of drug-likeness (QED) is 0.790. The molecule has 3 nitrogen and oxygen atoms in total. The number of methoxy groups -OCH3 is 1. The molecule has 0 saturated carbocycles. The molecule has 0 aromatic heterocycles. The van der Waals surface area contributed by atoms with E-state index in [1.54, 1.807) is 7.11 Å². The van der Waals surface area contributed by atoms with E-state index < -0.39 is 0 Å². The van der Waals surface area contributed by atoms with Gasteiger partial charge in [0.2, 0.25) is 0 Å². The molecule has 112 valence electrons. The number of hydrogen-bond acceptors (Lipinski definition) is 3. The molecular formula is C17H28N2O. The van der Waals surface area contributed by atoms with Gasteiger partial charge in [0.1, 0.15) is 5.75 Å². The largest absolute Gasteiger partial charge is 0.497 e. The van der Waals surface area contributed by atoms with Crippen LogP contribution in [-0.4, -0.2) is 43.7 Å². The summed E-state index contributed by atoms with van der Waals surface area (Å²) in [5, 5.41) is 3.39.